The van der Waals surface area contributed by atoms with Gasteiger partial charge in [0.15, 0.2) is 5.78 Å². The molecule has 5 nitrogen and oxygen atoms in total. The molecule has 154 valence electrons. The Morgan fingerprint density at radius 1 is 1.00 bits per heavy atom. The van der Waals surface area contributed by atoms with Gasteiger partial charge in [-0.1, -0.05) is 72.3 Å². The number of benzene rings is 2. The van der Waals surface area contributed by atoms with Crippen molar-refractivity contribution < 1.29 is 9.59 Å². The minimum absolute atomic E-state index is 0.0474. The number of amides is 1. The number of halogens is 1. The van der Waals surface area contributed by atoms with Crippen LogP contribution in [0.25, 0.3) is 0 Å². The first kappa shape index (κ1) is 20.4. The fraction of sp³-hybridized carbons (Fsp3) is 0.292. The number of likely N-dealkylation sites (tertiary alicyclic amines) is 1. The molecule has 1 aliphatic rings. The summed E-state index contributed by atoms with van der Waals surface area (Å²) in [5, 5.41) is 4.85. The van der Waals surface area contributed by atoms with Crippen LogP contribution in [0.1, 0.15) is 44.8 Å². The van der Waals surface area contributed by atoms with E-state index in [1.54, 1.807) is 9.58 Å². The minimum atomic E-state index is -0.109. The molecule has 0 atom stereocenters. The zero-order valence-electron chi connectivity index (χ0n) is 16.9. The summed E-state index contributed by atoms with van der Waals surface area (Å²) in [5.74, 6) is 0.00355. The third kappa shape index (κ3) is 4.17. The Kier molecular flexibility index (Phi) is 6.00. The Hall–Kier alpha value is -2.92. The number of carbonyl (C=O) groups excluding carboxylic acids is 2. The van der Waals surface area contributed by atoms with Crippen molar-refractivity contribution in [2.75, 3.05) is 13.1 Å². The van der Waals surface area contributed by atoms with E-state index in [2.05, 4.69) is 5.10 Å². The molecule has 0 bridgehead atoms. The first-order valence-corrected chi connectivity index (χ1v) is 10.6. The fourth-order valence-corrected chi connectivity index (χ4v) is 4.31. The largest absolute Gasteiger partial charge is 0.338 e. The monoisotopic (exact) mass is 421 g/mol. The van der Waals surface area contributed by atoms with Gasteiger partial charge in [-0.25, -0.2) is 4.68 Å². The number of aryl methyl sites for hydroxylation is 1. The third-order valence-electron chi connectivity index (χ3n) is 5.67. The second-order valence-corrected chi connectivity index (χ2v) is 8.05. The van der Waals surface area contributed by atoms with Crippen LogP contribution in [-0.4, -0.2) is 39.5 Å². The molecule has 1 fully saturated rings. The van der Waals surface area contributed by atoms with Gasteiger partial charge in [0.25, 0.3) is 5.91 Å². The minimum Gasteiger partial charge on any atom is -0.338 e. The normalized spacial score (nSPS) is 14.7. The van der Waals surface area contributed by atoms with Crippen molar-refractivity contribution in [3.63, 3.8) is 0 Å². The Labute approximate surface area is 181 Å². The lowest BCUT2D eigenvalue weighted by Gasteiger charge is -2.31. The zero-order chi connectivity index (χ0) is 21.1. The molecular formula is C24H24ClN3O2. The highest BCUT2D eigenvalue weighted by molar-refractivity contribution is 6.33. The van der Waals surface area contributed by atoms with Gasteiger partial charge in [-0.3, -0.25) is 9.59 Å². The van der Waals surface area contributed by atoms with Gasteiger partial charge < -0.3 is 4.90 Å². The number of ketones is 1. The molecule has 2 heterocycles. The number of carbonyl (C=O) groups is 2. The Balaban J connectivity index is 1.44. The van der Waals surface area contributed by atoms with Crippen molar-refractivity contribution >= 4 is 23.3 Å². The lowest BCUT2D eigenvalue weighted by molar-refractivity contribution is 0.0650. The second-order valence-electron chi connectivity index (χ2n) is 7.69. The highest BCUT2D eigenvalue weighted by Crippen LogP contribution is 2.27. The maximum atomic E-state index is 13.2. The summed E-state index contributed by atoms with van der Waals surface area (Å²) in [6.07, 6.45) is 1.32. The first-order valence-electron chi connectivity index (χ1n) is 10.2. The average Bonchev–Trinajstić information content (AvgIpc) is 3.07. The number of hydrogen-bond acceptors (Lipinski definition) is 3. The number of aromatic nitrogens is 2. The summed E-state index contributed by atoms with van der Waals surface area (Å²) < 4.78 is 1.67. The van der Waals surface area contributed by atoms with Gasteiger partial charge in [0, 0.05) is 24.6 Å². The molecule has 0 radical (unpaired) electrons. The lowest BCUT2D eigenvalue weighted by Crippen LogP contribution is -2.40. The number of hydrogen-bond donors (Lipinski definition) is 0. The second kappa shape index (κ2) is 8.84. The summed E-state index contributed by atoms with van der Waals surface area (Å²) >= 11 is 6.55. The van der Waals surface area contributed by atoms with Crippen molar-refractivity contribution in [2.45, 2.75) is 26.3 Å². The smallest absolute Gasteiger partial charge is 0.258 e. The van der Waals surface area contributed by atoms with Crippen molar-refractivity contribution in [1.82, 2.24) is 14.7 Å². The van der Waals surface area contributed by atoms with Gasteiger partial charge in [-0.2, -0.15) is 5.10 Å². The van der Waals surface area contributed by atoms with Crippen molar-refractivity contribution in [3.05, 3.63) is 88.2 Å². The molecule has 4 rings (SSSR count). The average molecular weight is 422 g/mol. The van der Waals surface area contributed by atoms with E-state index in [0.717, 1.165) is 11.1 Å². The Morgan fingerprint density at radius 3 is 2.23 bits per heavy atom. The van der Waals surface area contributed by atoms with Gasteiger partial charge in [-0.05, 0) is 25.3 Å². The van der Waals surface area contributed by atoms with E-state index in [9.17, 15) is 9.59 Å². The van der Waals surface area contributed by atoms with Crippen molar-refractivity contribution in [3.8, 4) is 0 Å². The standard InChI is InChI=1S/C24H24ClN3O2/c1-17-21(23(25)28(26-17)16-18-8-4-2-5-9-18)24(30)27-14-12-20(13-15-27)22(29)19-10-6-3-7-11-19/h2-11,20H,12-16H2,1H3. The molecule has 0 saturated carbocycles. The van der Waals surface area contributed by atoms with Crippen LogP contribution in [0.4, 0.5) is 0 Å². The zero-order valence-corrected chi connectivity index (χ0v) is 17.7. The van der Waals surface area contributed by atoms with Crippen LogP contribution < -0.4 is 0 Å². The van der Waals surface area contributed by atoms with E-state index in [1.165, 1.54) is 0 Å². The summed E-state index contributed by atoms with van der Waals surface area (Å²) in [7, 11) is 0. The SMILES string of the molecule is Cc1nn(Cc2ccccc2)c(Cl)c1C(=O)N1CCC(C(=O)c2ccccc2)CC1. The van der Waals surface area contributed by atoms with Gasteiger partial charge in [0.2, 0.25) is 0 Å². The molecule has 0 spiro atoms. The molecule has 2 aromatic carbocycles. The molecule has 0 N–H and O–H groups in total. The third-order valence-corrected chi connectivity index (χ3v) is 6.05. The van der Waals surface area contributed by atoms with E-state index >= 15 is 0 Å². The van der Waals surface area contributed by atoms with Crippen LogP contribution in [0.2, 0.25) is 5.15 Å². The Bertz CT molecular complexity index is 1040. The summed E-state index contributed by atoms with van der Waals surface area (Å²) in [6, 6.07) is 19.3. The van der Waals surface area contributed by atoms with Crippen LogP contribution in [0.5, 0.6) is 0 Å². The molecule has 1 aromatic heterocycles. The maximum Gasteiger partial charge on any atom is 0.258 e. The number of Topliss-reactive ketones (excluding diaryl/α,β-unsaturated/α-hetero) is 1. The van der Waals surface area contributed by atoms with Gasteiger partial charge in [0.05, 0.1) is 17.8 Å². The number of nitrogens with zero attached hydrogens (tertiary/aromatic N) is 3. The molecule has 6 heteroatoms. The maximum absolute atomic E-state index is 13.2. The fourth-order valence-electron chi connectivity index (χ4n) is 4.00. The predicted molar refractivity (Wildman–Crippen MR) is 117 cm³/mol. The molecule has 3 aromatic rings. The van der Waals surface area contributed by atoms with E-state index in [0.29, 0.717) is 48.9 Å². The predicted octanol–water partition coefficient (Wildman–Crippen LogP) is 4.63. The topological polar surface area (TPSA) is 55.2 Å². The summed E-state index contributed by atoms with van der Waals surface area (Å²) in [6.45, 7) is 3.41. The van der Waals surface area contributed by atoms with E-state index in [1.807, 2.05) is 67.6 Å². The van der Waals surface area contributed by atoms with Crippen LogP contribution in [0.15, 0.2) is 60.7 Å². The highest BCUT2D eigenvalue weighted by Gasteiger charge is 2.31. The summed E-state index contributed by atoms with van der Waals surface area (Å²) in [4.78, 5) is 27.6. The van der Waals surface area contributed by atoms with E-state index in [4.69, 9.17) is 11.6 Å². The highest BCUT2D eigenvalue weighted by atomic mass is 35.5. The number of rotatable bonds is 5. The van der Waals surface area contributed by atoms with Crippen LogP contribution >= 0.6 is 11.6 Å². The molecule has 30 heavy (non-hydrogen) atoms. The van der Waals surface area contributed by atoms with Gasteiger partial charge in [-0.15, -0.1) is 0 Å². The van der Waals surface area contributed by atoms with Crippen LogP contribution in [0.3, 0.4) is 0 Å². The molecule has 0 unspecified atom stereocenters. The van der Waals surface area contributed by atoms with Crippen molar-refractivity contribution in [1.29, 1.82) is 0 Å². The molecular weight excluding hydrogens is 398 g/mol. The Morgan fingerprint density at radius 2 is 1.60 bits per heavy atom. The van der Waals surface area contributed by atoms with Crippen LogP contribution in [-0.2, 0) is 6.54 Å². The first-order chi connectivity index (χ1) is 14.5. The quantitative estimate of drug-likeness (QED) is 0.564. The van der Waals surface area contributed by atoms with Gasteiger partial charge >= 0.3 is 0 Å². The summed E-state index contributed by atoms with van der Waals surface area (Å²) in [5.41, 5.74) is 2.90. The molecule has 1 aliphatic heterocycles. The van der Waals surface area contributed by atoms with Crippen LogP contribution in [0, 0.1) is 12.8 Å². The number of piperidine rings is 1. The molecule has 0 aliphatic carbocycles. The lowest BCUT2D eigenvalue weighted by atomic mass is 9.88. The molecule has 1 saturated heterocycles. The van der Waals surface area contributed by atoms with E-state index in [-0.39, 0.29) is 17.6 Å². The molecule has 1 amide bonds. The van der Waals surface area contributed by atoms with E-state index < -0.39 is 0 Å². The van der Waals surface area contributed by atoms with Gasteiger partial charge in [0.1, 0.15) is 5.15 Å². The van der Waals surface area contributed by atoms with Crippen molar-refractivity contribution in [2.24, 2.45) is 5.92 Å².